The van der Waals surface area contributed by atoms with Crippen LogP contribution in [0.15, 0.2) is 24.3 Å². The summed E-state index contributed by atoms with van der Waals surface area (Å²) >= 11 is 0. The second kappa shape index (κ2) is 4.63. The van der Waals surface area contributed by atoms with E-state index in [2.05, 4.69) is 0 Å². The predicted molar refractivity (Wildman–Crippen MR) is 56.7 cm³/mol. The SMILES string of the molecule is COc1ccc(N(C(C)C)C(F)(F)F)cc1. The van der Waals surface area contributed by atoms with Gasteiger partial charge in [-0.3, -0.25) is 4.90 Å². The summed E-state index contributed by atoms with van der Waals surface area (Å²) in [5.41, 5.74) is 0.114. The van der Waals surface area contributed by atoms with Crippen molar-refractivity contribution in [2.45, 2.75) is 26.2 Å². The van der Waals surface area contributed by atoms with Gasteiger partial charge in [-0.1, -0.05) is 0 Å². The van der Waals surface area contributed by atoms with Crippen LogP contribution < -0.4 is 9.64 Å². The molecular weight excluding hydrogens is 219 g/mol. The zero-order valence-electron chi connectivity index (χ0n) is 9.38. The highest BCUT2D eigenvalue weighted by molar-refractivity contribution is 5.50. The lowest BCUT2D eigenvalue weighted by Gasteiger charge is -2.30. The maximum atomic E-state index is 12.7. The molecule has 0 aliphatic heterocycles. The van der Waals surface area contributed by atoms with Crippen molar-refractivity contribution in [3.63, 3.8) is 0 Å². The van der Waals surface area contributed by atoms with Gasteiger partial charge in [0.25, 0.3) is 0 Å². The molecule has 0 aliphatic carbocycles. The van der Waals surface area contributed by atoms with Crippen molar-refractivity contribution in [3.05, 3.63) is 24.3 Å². The largest absolute Gasteiger partial charge is 0.497 e. The van der Waals surface area contributed by atoms with Crippen molar-refractivity contribution in [1.82, 2.24) is 0 Å². The summed E-state index contributed by atoms with van der Waals surface area (Å²) < 4.78 is 43.1. The van der Waals surface area contributed by atoms with E-state index in [1.54, 1.807) is 0 Å². The number of nitrogens with zero attached hydrogens (tertiary/aromatic N) is 1. The molecule has 0 saturated heterocycles. The minimum absolute atomic E-state index is 0.114. The Bertz CT molecular complexity index is 332. The number of ether oxygens (including phenoxy) is 1. The van der Waals surface area contributed by atoms with E-state index < -0.39 is 12.3 Å². The smallest absolute Gasteiger partial charge is 0.485 e. The molecule has 90 valence electrons. The van der Waals surface area contributed by atoms with E-state index >= 15 is 0 Å². The van der Waals surface area contributed by atoms with Crippen LogP contribution in [0.4, 0.5) is 18.9 Å². The van der Waals surface area contributed by atoms with Gasteiger partial charge < -0.3 is 4.74 Å². The van der Waals surface area contributed by atoms with Crippen LogP contribution in [-0.2, 0) is 0 Å². The molecule has 0 fully saturated rings. The van der Waals surface area contributed by atoms with Crippen molar-refractivity contribution in [2.24, 2.45) is 0 Å². The van der Waals surface area contributed by atoms with E-state index in [1.807, 2.05) is 0 Å². The third-order valence-corrected chi connectivity index (χ3v) is 2.14. The lowest BCUT2D eigenvalue weighted by Crippen LogP contribution is -2.43. The molecule has 0 N–H and O–H groups in total. The summed E-state index contributed by atoms with van der Waals surface area (Å²) in [6.07, 6.45) is -4.37. The molecule has 0 aliphatic rings. The Morgan fingerprint density at radius 2 is 1.62 bits per heavy atom. The molecule has 0 unspecified atom stereocenters. The van der Waals surface area contributed by atoms with E-state index in [0.717, 1.165) is 0 Å². The number of hydrogen-bond acceptors (Lipinski definition) is 2. The van der Waals surface area contributed by atoms with Crippen molar-refractivity contribution in [2.75, 3.05) is 12.0 Å². The fraction of sp³-hybridized carbons (Fsp3) is 0.455. The Labute approximate surface area is 92.6 Å². The van der Waals surface area contributed by atoms with Gasteiger partial charge in [0, 0.05) is 11.7 Å². The maximum Gasteiger partial charge on any atom is 0.485 e. The second-order valence-electron chi connectivity index (χ2n) is 3.63. The van der Waals surface area contributed by atoms with Gasteiger partial charge >= 0.3 is 6.30 Å². The summed E-state index contributed by atoms with van der Waals surface area (Å²) in [5.74, 6) is 0.537. The lowest BCUT2D eigenvalue weighted by atomic mass is 10.2. The van der Waals surface area contributed by atoms with Crippen LogP contribution in [0.25, 0.3) is 0 Å². The summed E-state index contributed by atoms with van der Waals surface area (Å²) in [6.45, 7) is 3.00. The first-order valence-electron chi connectivity index (χ1n) is 4.86. The van der Waals surface area contributed by atoms with Crippen molar-refractivity contribution >= 4 is 5.69 Å². The normalized spacial score (nSPS) is 11.7. The zero-order chi connectivity index (χ0) is 12.3. The summed E-state index contributed by atoms with van der Waals surface area (Å²) in [5, 5.41) is 0. The summed E-state index contributed by atoms with van der Waals surface area (Å²) in [4.78, 5) is 0.409. The van der Waals surface area contributed by atoms with Gasteiger partial charge in [0.05, 0.1) is 7.11 Å². The second-order valence-corrected chi connectivity index (χ2v) is 3.63. The molecular formula is C11H14F3NO. The number of benzene rings is 1. The topological polar surface area (TPSA) is 12.5 Å². The average molecular weight is 233 g/mol. The first-order chi connectivity index (χ1) is 7.36. The van der Waals surface area contributed by atoms with E-state index in [1.165, 1.54) is 45.2 Å². The highest BCUT2D eigenvalue weighted by atomic mass is 19.4. The Kier molecular flexibility index (Phi) is 3.67. The molecule has 5 heteroatoms. The van der Waals surface area contributed by atoms with Gasteiger partial charge in [0.15, 0.2) is 0 Å². The third-order valence-electron chi connectivity index (χ3n) is 2.14. The first-order valence-corrected chi connectivity index (χ1v) is 4.86. The molecule has 0 heterocycles. The molecule has 1 rings (SSSR count). The standard InChI is InChI=1S/C11H14F3NO/c1-8(2)15(11(12,13)14)9-4-6-10(16-3)7-5-9/h4-8H,1-3H3. The molecule has 0 amide bonds. The van der Waals surface area contributed by atoms with E-state index in [9.17, 15) is 13.2 Å². The van der Waals surface area contributed by atoms with Crippen LogP contribution in [0.2, 0.25) is 0 Å². The van der Waals surface area contributed by atoms with Gasteiger partial charge in [0.1, 0.15) is 5.75 Å². The van der Waals surface area contributed by atoms with Crippen LogP contribution in [0, 0.1) is 0 Å². The Balaban J connectivity index is 3.03. The molecule has 0 atom stereocenters. The number of hydrogen-bond donors (Lipinski definition) is 0. The number of halogens is 3. The molecule has 0 saturated carbocycles. The number of alkyl halides is 3. The van der Waals surface area contributed by atoms with Gasteiger partial charge in [-0.15, -0.1) is 0 Å². The summed E-state index contributed by atoms with van der Waals surface area (Å²) in [6, 6.07) is 5.17. The van der Waals surface area contributed by atoms with Crippen molar-refractivity contribution in [3.8, 4) is 5.75 Å². The van der Waals surface area contributed by atoms with E-state index in [4.69, 9.17) is 4.74 Å². The quantitative estimate of drug-likeness (QED) is 0.741. The predicted octanol–water partition coefficient (Wildman–Crippen LogP) is 3.43. The Morgan fingerprint density at radius 3 is 1.94 bits per heavy atom. The van der Waals surface area contributed by atoms with Gasteiger partial charge in [0.2, 0.25) is 0 Å². The maximum absolute atomic E-state index is 12.7. The molecule has 0 bridgehead atoms. The Hall–Kier alpha value is -1.39. The average Bonchev–Trinajstić information content (AvgIpc) is 2.16. The number of methoxy groups -OCH3 is 1. The highest BCUT2D eigenvalue weighted by Gasteiger charge is 2.39. The van der Waals surface area contributed by atoms with Crippen molar-refractivity contribution in [1.29, 1.82) is 0 Å². The van der Waals surface area contributed by atoms with Crippen molar-refractivity contribution < 1.29 is 17.9 Å². The summed E-state index contributed by atoms with van der Waals surface area (Å²) in [7, 11) is 1.47. The van der Waals surface area contributed by atoms with E-state index in [0.29, 0.717) is 10.6 Å². The molecule has 0 radical (unpaired) electrons. The van der Waals surface area contributed by atoms with E-state index in [-0.39, 0.29) is 5.69 Å². The van der Waals surface area contributed by atoms with Crippen LogP contribution in [0.3, 0.4) is 0 Å². The van der Waals surface area contributed by atoms with Gasteiger partial charge in [-0.25, -0.2) is 0 Å². The molecule has 1 aromatic rings. The van der Waals surface area contributed by atoms with Crippen LogP contribution in [0.1, 0.15) is 13.8 Å². The fourth-order valence-electron chi connectivity index (χ4n) is 1.48. The third kappa shape index (κ3) is 2.81. The lowest BCUT2D eigenvalue weighted by molar-refractivity contribution is -0.133. The van der Waals surface area contributed by atoms with Crippen LogP contribution in [0.5, 0.6) is 5.75 Å². The minimum atomic E-state index is -4.37. The highest BCUT2D eigenvalue weighted by Crippen LogP contribution is 2.31. The fourth-order valence-corrected chi connectivity index (χ4v) is 1.48. The first kappa shape index (κ1) is 12.7. The minimum Gasteiger partial charge on any atom is -0.497 e. The number of rotatable bonds is 3. The molecule has 0 spiro atoms. The number of anilines is 1. The van der Waals surface area contributed by atoms with Gasteiger partial charge in [-0.05, 0) is 38.1 Å². The molecule has 16 heavy (non-hydrogen) atoms. The van der Waals surface area contributed by atoms with Gasteiger partial charge in [-0.2, -0.15) is 13.2 Å². The monoisotopic (exact) mass is 233 g/mol. The zero-order valence-corrected chi connectivity index (χ0v) is 9.38. The molecule has 0 aromatic heterocycles. The molecule has 1 aromatic carbocycles. The molecule has 2 nitrogen and oxygen atoms in total. The van der Waals surface area contributed by atoms with Crippen LogP contribution in [-0.4, -0.2) is 19.5 Å². The Morgan fingerprint density at radius 1 is 1.12 bits per heavy atom. The van der Waals surface area contributed by atoms with Crippen LogP contribution >= 0.6 is 0 Å².